The quantitative estimate of drug-likeness (QED) is 0.623. The molecule has 4 nitrogen and oxygen atoms in total. The van der Waals surface area contributed by atoms with Crippen molar-refractivity contribution < 1.29 is 0 Å². The fraction of sp³-hybridized carbons (Fsp3) is 0.333. The Balaban J connectivity index is 1.97. The molecule has 0 aliphatic heterocycles. The highest BCUT2D eigenvalue weighted by Gasteiger charge is 2.10. The lowest BCUT2D eigenvalue weighted by molar-refractivity contribution is 0.707. The number of nitrogens with zero attached hydrogens (tertiary/aromatic N) is 2. The van der Waals surface area contributed by atoms with E-state index in [1.807, 2.05) is 18.4 Å². The number of aliphatic imine (C=N–C) groups is 1. The first-order valence-corrected chi connectivity index (χ1v) is 8.57. The zero-order valence-corrected chi connectivity index (χ0v) is 14.8. The zero-order valence-electron chi connectivity index (χ0n) is 12.4. The van der Waals surface area contributed by atoms with E-state index >= 15 is 0 Å². The molecule has 0 aliphatic rings. The molecular weight excluding hydrogens is 339 g/mol. The highest BCUT2D eigenvalue weighted by molar-refractivity contribution is 7.09. The molecule has 0 bridgehead atoms. The average molecular weight is 357 g/mol. The van der Waals surface area contributed by atoms with Crippen molar-refractivity contribution in [1.82, 2.24) is 10.3 Å². The lowest BCUT2D eigenvalue weighted by Gasteiger charge is -2.16. The molecule has 3 N–H and O–H groups in total. The van der Waals surface area contributed by atoms with E-state index in [0.717, 1.165) is 22.7 Å². The summed E-state index contributed by atoms with van der Waals surface area (Å²) in [7, 11) is 0. The van der Waals surface area contributed by atoms with Gasteiger partial charge in [0.2, 0.25) is 0 Å². The van der Waals surface area contributed by atoms with Gasteiger partial charge in [-0.15, -0.1) is 11.3 Å². The van der Waals surface area contributed by atoms with Crippen molar-refractivity contribution in [3.63, 3.8) is 0 Å². The van der Waals surface area contributed by atoms with Crippen LogP contribution in [0.3, 0.4) is 0 Å². The Labute approximate surface area is 144 Å². The van der Waals surface area contributed by atoms with Gasteiger partial charge in [-0.25, -0.2) is 9.98 Å². The summed E-state index contributed by atoms with van der Waals surface area (Å²) in [5, 5.41) is 7.45. The number of aryl methyl sites for hydroxylation is 1. The van der Waals surface area contributed by atoms with Crippen molar-refractivity contribution in [2.75, 3.05) is 0 Å². The SMILES string of the molecule is CCc1nc(CN=C(N)NC(C)c2ccc(Cl)cc2Cl)cs1. The predicted octanol–water partition coefficient (Wildman–Crippen LogP) is 4.18. The summed E-state index contributed by atoms with van der Waals surface area (Å²) in [4.78, 5) is 8.77. The van der Waals surface area contributed by atoms with Crippen molar-refractivity contribution in [2.45, 2.75) is 32.9 Å². The maximum atomic E-state index is 6.19. The minimum atomic E-state index is -0.0600. The summed E-state index contributed by atoms with van der Waals surface area (Å²) < 4.78 is 0. The predicted molar refractivity (Wildman–Crippen MR) is 94.8 cm³/mol. The van der Waals surface area contributed by atoms with Crippen LogP contribution in [0.25, 0.3) is 0 Å². The van der Waals surface area contributed by atoms with Crippen molar-refractivity contribution in [1.29, 1.82) is 0 Å². The van der Waals surface area contributed by atoms with Crippen LogP contribution in [-0.2, 0) is 13.0 Å². The third-order valence-electron chi connectivity index (χ3n) is 3.11. The van der Waals surface area contributed by atoms with Gasteiger partial charge in [0.25, 0.3) is 0 Å². The van der Waals surface area contributed by atoms with E-state index in [4.69, 9.17) is 28.9 Å². The molecule has 0 amide bonds. The molecule has 1 aromatic carbocycles. The van der Waals surface area contributed by atoms with Crippen molar-refractivity contribution in [3.8, 4) is 0 Å². The highest BCUT2D eigenvalue weighted by atomic mass is 35.5. The van der Waals surface area contributed by atoms with Crippen LogP contribution in [0, 0.1) is 0 Å². The van der Waals surface area contributed by atoms with E-state index in [1.165, 1.54) is 0 Å². The van der Waals surface area contributed by atoms with Gasteiger partial charge in [0.05, 0.1) is 23.3 Å². The maximum Gasteiger partial charge on any atom is 0.189 e. The standard InChI is InChI=1S/C15H18Cl2N4S/c1-3-14-21-11(8-22-14)7-19-15(18)20-9(2)12-5-4-10(16)6-13(12)17/h4-6,8-9H,3,7H2,1-2H3,(H3,18,19,20). The Morgan fingerprint density at radius 2 is 2.23 bits per heavy atom. The number of nitrogens with one attached hydrogen (secondary N) is 1. The Morgan fingerprint density at radius 1 is 1.45 bits per heavy atom. The number of guanidine groups is 1. The first-order valence-electron chi connectivity index (χ1n) is 6.94. The third kappa shape index (κ3) is 4.60. The molecule has 1 atom stereocenters. The van der Waals surface area contributed by atoms with E-state index in [9.17, 15) is 0 Å². The van der Waals surface area contributed by atoms with Gasteiger partial charge < -0.3 is 11.1 Å². The molecule has 0 fully saturated rings. The number of thiazole rings is 1. The fourth-order valence-corrected chi connectivity index (χ4v) is 3.26. The lowest BCUT2D eigenvalue weighted by Crippen LogP contribution is -2.34. The number of hydrogen-bond acceptors (Lipinski definition) is 3. The van der Waals surface area contributed by atoms with Gasteiger partial charge in [0, 0.05) is 15.4 Å². The summed E-state index contributed by atoms with van der Waals surface area (Å²) >= 11 is 13.7. The van der Waals surface area contributed by atoms with Crippen LogP contribution in [-0.4, -0.2) is 10.9 Å². The van der Waals surface area contributed by atoms with Crippen molar-refractivity contribution in [2.24, 2.45) is 10.7 Å². The Bertz CT molecular complexity index is 669. The number of rotatable bonds is 5. The van der Waals surface area contributed by atoms with E-state index in [-0.39, 0.29) is 6.04 Å². The van der Waals surface area contributed by atoms with Crippen LogP contribution in [0.15, 0.2) is 28.6 Å². The van der Waals surface area contributed by atoms with Gasteiger partial charge in [0.1, 0.15) is 0 Å². The van der Waals surface area contributed by atoms with E-state index in [0.29, 0.717) is 22.5 Å². The molecule has 0 aliphatic carbocycles. The normalized spacial score (nSPS) is 13.2. The number of halogens is 2. The highest BCUT2D eigenvalue weighted by Crippen LogP contribution is 2.25. The van der Waals surface area contributed by atoms with Crippen LogP contribution in [0.5, 0.6) is 0 Å². The molecule has 2 aromatic rings. The summed E-state index contributed by atoms with van der Waals surface area (Å²) in [6.07, 6.45) is 0.939. The lowest BCUT2D eigenvalue weighted by atomic mass is 10.1. The first-order chi connectivity index (χ1) is 10.5. The Morgan fingerprint density at radius 3 is 2.86 bits per heavy atom. The molecule has 0 radical (unpaired) electrons. The molecule has 0 saturated carbocycles. The van der Waals surface area contributed by atoms with Gasteiger partial charge in [0.15, 0.2) is 5.96 Å². The monoisotopic (exact) mass is 356 g/mol. The minimum absolute atomic E-state index is 0.0600. The fourth-order valence-electron chi connectivity index (χ4n) is 1.95. The van der Waals surface area contributed by atoms with Crippen molar-refractivity contribution >= 4 is 40.5 Å². The Hall–Kier alpha value is -1.30. The maximum absolute atomic E-state index is 6.19. The topological polar surface area (TPSA) is 63.3 Å². The number of benzene rings is 1. The molecular formula is C15H18Cl2N4S. The largest absolute Gasteiger partial charge is 0.370 e. The van der Waals surface area contributed by atoms with Gasteiger partial charge in [-0.2, -0.15) is 0 Å². The third-order valence-corrected chi connectivity index (χ3v) is 4.71. The number of aromatic nitrogens is 1. The van der Waals surface area contributed by atoms with Crippen molar-refractivity contribution in [3.05, 3.63) is 49.9 Å². The second-order valence-corrected chi connectivity index (χ2v) is 6.61. The summed E-state index contributed by atoms with van der Waals surface area (Å²) in [6, 6.07) is 5.33. The van der Waals surface area contributed by atoms with Crippen LogP contribution in [0.4, 0.5) is 0 Å². The minimum Gasteiger partial charge on any atom is -0.370 e. The second kappa shape index (κ2) is 7.81. The molecule has 1 aromatic heterocycles. The Kier molecular flexibility index (Phi) is 6.06. The van der Waals surface area contributed by atoms with Crippen LogP contribution in [0.1, 0.15) is 36.2 Å². The zero-order chi connectivity index (χ0) is 16.1. The van der Waals surface area contributed by atoms with Crippen LogP contribution in [0.2, 0.25) is 10.0 Å². The van der Waals surface area contributed by atoms with Gasteiger partial charge >= 0.3 is 0 Å². The van der Waals surface area contributed by atoms with E-state index in [1.54, 1.807) is 23.5 Å². The molecule has 0 saturated heterocycles. The smallest absolute Gasteiger partial charge is 0.189 e. The molecule has 22 heavy (non-hydrogen) atoms. The van der Waals surface area contributed by atoms with Gasteiger partial charge in [-0.1, -0.05) is 36.2 Å². The van der Waals surface area contributed by atoms with E-state index in [2.05, 4.69) is 22.2 Å². The molecule has 0 spiro atoms. The molecule has 1 heterocycles. The van der Waals surface area contributed by atoms with Crippen LogP contribution < -0.4 is 11.1 Å². The second-order valence-electron chi connectivity index (χ2n) is 4.82. The number of hydrogen-bond donors (Lipinski definition) is 2. The average Bonchev–Trinajstić information content (AvgIpc) is 2.93. The summed E-state index contributed by atoms with van der Waals surface area (Å²) in [5.41, 5.74) is 7.78. The first kappa shape index (κ1) is 17.1. The van der Waals surface area contributed by atoms with E-state index < -0.39 is 0 Å². The van der Waals surface area contributed by atoms with Crippen LogP contribution >= 0.6 is 34.5 Å². The molecule has 7 heteroatoms. The van der Waals surface area contributed by atoms with Gasteiger partial charge in [-0.05, 0) is 31.0 Å². The molecule has 2 rings (SSSR count). The summed E-state index contributed by atoms with van der Waals surface area (Å²) in [6.45, 7) is 4.52. The number of nitrogens with two attached hydrogens (primary N) is 1. The summed E-state index contributed by atoms with van der Waals surface area (Å²) in [5.74, 6) is 0.365. The van der Waals surface area contributed by atoms with Gasteiger partial charge in [-0.3, -0.25) is 0 Å². The molecule has 1 unspecified atom stereocenters. The molecule has 118 valence electrons.